The first kappa shape index (κ1) is 22.2. The summed E-state index contributed by atoms with van der Waals surface area (Å²) in [6.45, 7) is 0.716. The monoisotopic (exact) mass is 461 g/mol. The number of carbonyl (C=O) groups excluding carboxylic acids is 1. The third kappa shape index (κ3) is 6.02. The van der Waals surface area contributed by atoms with Gasteiger partial charge in [-0.2, -0.15) is 0 Å². The Kier molecular flexibility index (Phi) is 7.08. The molecule has 1 fully saturated rings. The molecule has 12 heteroatoms. The lowest BCUT2D eigenvalue weighted by Gasteiger charge is -2.25. The first-order chi connectivity index (χ1) is 14.2. The normalized spacial score (nSPS) is 16.7. The van der Waals surface area contributed by atoms with Crippen LogP contribution >= 0.6 is 23.1 Å². The molecule has 2 aromatic rings. The second-order valence-corrected chi connectivity index (χ2v) is 8.56. The van der Waals surface area contributed by atoms with Crippen molar-refractivity contribution in [2.75, 3.05) is 24.2 Å². The molecule has 0 aliphatic carbocycles. The molecule has 1 amide bonds. The smallest absolute Gasteiger partial charge is 0.476 e. The van der Waals surface area contributed by atoms with Crippen LogP contribution in [0.15, 0.2) is 34.0 Å². The number of benzene rings is 1. The highest BCUT2D eigenvalue weighted by Gasteiger charge is 2.33. The summed E-state index contributed by atoms with van der Waals surface area (Å²) >= 11 is 2.58. The fraction of sp³-hybridized carbons (Fsp3) is 0.389. The lowest BCUT2D eigenvalue weighted by Crippen LogP contribution is -2.39. The van der Waals surface area contributed by atoms with Gasteiger partial charge in [0, 0.05) is 36.7 Å². The van der Waals surface area contributed by atoms with Crippen LogP contribution in [0.5, 0.6) is 5.75 Å². The van der Waals surface area contributed by atoms with E-state index in [9.17, 15) is 22.8 Å². The SMILES string of the molecule is O=C(O)c1csc(SCCN2C(=O)CC[C@@H]2CNc2ccccc2OC(F)(F)F)n1. The zero-order chi connectivity index (χ0) is 21.7. The van der Waals surface area contributed by atoms with Gasteiger partial charge in [0.05, 0.1) is 5.69 Å². The molecule has 30 heavy (non-hydrogen) atoms. The van der Waals surface area contributed by atoms with Crippen molar-refractivity contribution in [3.05, 3.63) is 35.3 Å². The number of nitrogens with one attached hydrogen (secondary N) is 1. The number of hydrogen-bond acceptors (Lipinski definition) is 7. The summed E-state index contributed by atoms with van der Waals surface area (Å²) in [5, 5.41) is 13.3. The predicted octanol–water partition coefficient (Wildman–Crippen LogP) is 3.94. The molecule has 2 N–H and O–H groups in total. The molecule has 0 radical (unpaired) electrons. The van der Waals surface area contributed by atoms with E-state index in [-0.39, 0.29) is 35.6 Å². The average molecular weight is 461 g/mol. The Morgan fingerprint density at radius 1 is 1.40 bits per heavy atom. The molecule has 0 unspecified atom stereocenters. The fourth-order valence-corrected chi connectivity index (χ4v) is 4.83. The van der Waals surface area contributed by atoms with Crippen LogP contribution in [0.3, 0.4) is 0 Å². The number of aromatic nitrogens is 1. The molecule has 1 saturated heterocycles. The van der Waals surface area contributed by atoms with Gasteiger partial charge in [-0.3, -0.25) is 4.79 Å². The number of ether oxygens (including phenoxy) is 1. The minimum atomic E-state index is -4.79. The number of carboxylic acid groups (broad SMARTS) is 1. The van der Waals surface area contributed by atoms with Crippen LogP contribution in [0.4, 0.5) is 18.9 Å². The summed E-state index contributed by atoms with van der Waals surface area (Å²) < 4.78 is 42.3. The zero-order valence-electron chi connectivity index (χ0n) is 15.5. The van der Waals surface area contributed by atoms with E-state index in [0.717, 1.165) is 0 Å². The first-order valence-electron chi connectivity index (χ1n) is 8.92. The van der Waals surface area contributed by atoms with Gasteiger partial charge in [-0.1, -0.05) is 23.9 Å². The highest BCUT2D eigenvalue weighted by molar-refractivity contribution is 8.01. The van der Waals surface area contributed by atoms with Gasteiger partial charge >= 0.3 is 12.3 Å². The van der Waals surface area contributed by atoms with Gasteiger partial charge in [-0.05, 0) is 18.6 Å². The lowest BCUT2D eigenvalue weighted by molar-refractivity contribution is -0.274. The Labute approximate surface area is 178 Å². The van der Waals surface area contributed by atoms with Crippen molar-refractivity contribution in [1.82, 2.24) is 9.88 Å². The van der Waals surface area contributed by atoms with Crippen molar-refractivity contribution in [2.45, 2.75) is 29.6 Å². The summed E-state index contributed by atoms with van der Waals surface area (Å²) in [6.07, 6.45) is -3.82. The number of amides is 1. The number of anilines is 1. The highest BCUT2D eigenvalue weighted by atomic mass is 32.2. The number of thiazole rings is 1. The minimum absolute atomic E-state index is 0.0124. The van der Waals surface area contributed by atoms with Gasteiger partial charge in [0.1, 0.15) is 0 Å². The van der Waals surface area contributed by atoms with Crippen LogP contribution in [0.25, 0.3) is 0 Å². The Morgan fingerprint density at radius 3 is 2.87 bits per heavy atom. The summed E-state index contributed by atoms with van der Waals surface area (Å²) in [7, 11) is 0. The van der Waals surface area contributed by atoms with Crippen LogP contribution in [-0.2, 0) is 4.79 Å². The Bertz CT molecular complexity index is 907. The van der Waals surface area contributed by atoms with Crippen molar-refractivity contribution < 1.29 is 32.6 Å². The average Bonchev–Trinajstić information content (AvgIpc) is 3.28. The van der Waals surface area contributed by atoms with E-state index in [4.69, 9.17) is 5.11 Å². The lowest BCUT2D eigenvalue weighted by atomic mass is 10.2. The van der Waals surface area contributed by atoms with E-state index in [2.05, 4.69) is 15.0 Å². The number of carbonyl (C=O) groups is 2. The van der Waals surface area contributed by atoms with Crippen LogP contribution < -0.4 is 10.1 Å². The predicted molar refractivity (Wildman–Crippen MR) is 106 cm³/mol. The summed E-state index contributed by atoms with van der Waals surface area (Å²) in [6, 6.07) is 5.59. The number of halogens is 3. The molecule has 1 aliphatic heterocycles. The molecule has 0 saturated carbocycles. The second kappa shape index (κ2) is 9.56. The number of carboxylic acids is 1. The van der Waals surface area contributed by atoms with Crippen LogP contribution in [0.1, 0.15) is 23.3 Å². The molecule has 1 atom stereocenters. The number of likely N-dealkylation sites (tertiary alicyclic amines) is 1. The molecular weight excluding hydrogens is 443 g/mol. The van der Waals surface area contributed by atoms with Crippen molar-refractivity contribution >= 4 is 40.7 Å². The number of aromatic carboxylic acids is 1. The summed E-state index contributed by atoms with van der Waals surface area (Å²) in [4.78, 5) is 28.8. The first-order valence-corrected chi connectivity index (χ1v) is 10.8. The van der Waals surface area contributed by atoms with Crippen molar-refractivity contribution in [1.29, 1.82) is 0 Å². The molecule has 1 aliphatic rings. The van der Waals surface area contributed by atoms with E-state index >= 15 is 0 Å². The van der Waals surface area contributed by atoms with E-state index in [1.54, 1.807) is 11.0 Å². The molecule has 2 heterocycles. The van der Waals surface area contributed by atoms with E-state index in [1.807, 2.05) is 0 Å². The maximum Gasteiger partial charge on any atom is 0.573 e. The van der Waals surface area contributed by atoms with E-state index < -0.39 is 12.3 Å². The molecule has 162 valence electrons. The number of para-hydroxylation sites is 2. The Morgan fingerprint density at radius 2 is 2.17 bits per heavy atom. The maximum atomic E-state index is 12.6. The van der Waals surface area contributed by atoms with E-state index in [0.29, 0.717) is 29.5 Å². The number of rotatable bonds is 9. The molecule has 3 rings (SSSR count). The molecule has 0 spiro atoms. The fourth-order valence-electron chi connectivity index (χ4n) is 3.02. The number of hydrogen-bond donors (Lipinski definition) is 2. The minimum Gasteiger partial charge on any atom is -0.476 e. The van der Waals surface area contributed by atoms with Gasteiger partial charge in [0.2, 0.25) is 5.91 Å². The Hall–Kier alpha value is -2.47. The topological polar surface area (TPSA) is 91.8 Å². The number of alkyl halides is 3. The van der Waals surface area contributed by atoms with Gasteiger partial charge in [-0.25, -0.2) is 9.78 Å². The van der Waals surface area contributed by atoms with Crippen LogP contribution in [0.2, 0.25) is 0 Å². The highest BCUT2D eigenvalue weighted by Crippen LogP contribution is 2.31. The summed E-state index contributed by atoms with van der Waals surface area (Å²) in [5.41, 5.74) is 0.189. The van der Waals surface area contributed by atoms with Gasteiger partial charge in [0.15, 0.2) is 15.8 Å². The van der Waals surface area contributed by atoms with Crippen molar-refractivity contribution in [3.8, 4) is 5.75 Å². The molecule has 1 aromatic heterocycles. The third-order valence-corrected chi connectivity index (χ3v) is 6.35. The number of thioether (sulfide) groups is 1. The molecule has 0 bridgehead atoms. The van der Waals surface area contributed by atoms with Gasteiger partial charge in [0.25, 0.3) is 0 Å². The van der Waals surface area contributed by atoms with Crippen LogP contribution in [0, 0.1) is 0 Å². The molecular formula is C18H18F3N3O4S2. The largest absolute Gasteiger partial charge is 0.573 e. The molecule has 1 aromatic carbocycles. The van der Waals surface area contributed by atoms with Crippen LogP contribution in [-0.4, -0.2) is 58.1 Å². The zero-order valence-corrected chi connectivity index (χ0v) is 17.1. The number of nitrogens with zero attached hydrogens (tertiary/aromatic N) is 2. The van der Waals surface area contributed by atoms with E-state index in [1.165, 1.54) is 46.7 Å². The third-order valence-electron chi connectivity index (χ3n) is 4.35. The van der Waals surface area contributed by atoms with Gasteiger partial charge in [-0.15, -0.1) is 24.5 Å². The summed E-state index contributed by atoms with van der Waals surface area (Å²) in [5.74, 6) is -0.904. The van der Waals surface area contributed by atoms with Crippen molar-refractivity contribution in [2.24, 2.45) is 0 Å². The maximum absolute atomic E-state index is 12.6. The van der Waals surface area contributed by atoms with Crippen molar-refractivity contribution in [3.63, 3.8) is 0 Å². The second-order valence-electron chi connectivity index (χ2n) is 6.36. The Balaban J connectivity index is 1.54. The van der Waals surface area contributed by atoms with Gasteiger partial charge < -0.3 is 20.1 Å². The molecule has 7 nitrogen and oxygen atoms in total. The quantitative estimate of drug-likeness (QED) is 0.547. The standard InChI is InChI=1S/C18H18F3N3O4S2/c19-18(20,21)28-14-4-2-1-3-12(14)22-9-11-5-6-15(25)24(11)7-8-29-17-23-13(10-30-17)16(26)27/h1-4,10-11,22H,5-9H2,(H,26,27)/t11-/m1/s1.